The molecular formula is C22H26N2O4. The van der Waals surface area contributed by atoms with Crippen molar-refractivity contribution in [2.75, 3.05) is 32.2 Å². The number of benzene rings is 2. The van der Waals surface area contributed by atoms with Crippen LogP contribution in [-0.2, 0) is 16.0 Å². The Morgan fingerprint density at radius 1 is 1.04 bits per heavy atom. The molecule has 0 bridgehead atoms. The summed E-state index contributed by atoms with van der Waals surface area (Å²) in [6, 6.07) is 14.8. The predicted octanol–water partition coefficient (Wildman–Crippen LogP) is 2.90. The van der Waals surface area contributed by atoms with Crippen molar-refractivity contribution in [1.29, 1.82) is 0 Å². The topological polar surface area (TPSA) is 59.1 Å². The minimum Gasteiger partial charge on any atom is -0.493 e. The van der Waals surface area contributed by atoms with Crippen molar-refractivity contribution in [3.63, 3.8) is 0 Å². The second-order valence-corrected chi connectivity index (χ2v) is 6.78. The zero-order valence-corrected chi connectivity index (χ0v) is 16.6. The SMILES string of the molecule is COc1ccc(N2CCN(C(=O)CCc3ccccc3)[C@H](C)C2=O)cc1OC. The number of aryl methyl sites for hydroxylation is 1. The van der Waals surface area contributed by atoms with Gasteiger partial charge in [-0.25, -0.2) is 0 Å². The van der Waals surface area contributed by atoms with E-state index < -0.39 is 6.04 Å². The van der Waals surface area contributed by atoms with Gasteiger partial charge in [-0.15, -0.1) is 0 Å². The maximum atomic E-state index is 12.9. The maximum Gasteiger partial charge on any atom is 0.249 e. The molecule has 0 radical (unpaired) electrons. The highest BCUT2D eigenvalue weighted by atomic mass is 16.5. The molecule has 2 amide bonds. The van der Waals surface area contributed by atoms with E-state index in [1.165, 1.54) is 0 Å². The van der Waals surface area contributed by atoms with Crippen LogP contribution in [0.4, 0.5) is 5.69 Å². The summed E-state index contributed by atoms with van der Waals surface area (Å²) in [5, 5.41) is 0. The van der Waals surface area contributed by atoms with Crippen LogP contribution in [0.1, 0.15) is 18.9 Å². The van der Waals surface area contributed by atoms with Crippen molar-refractivity contribution in [2.45, 2.75) is 25.8 Å². The number of hydrogen-bond acceptors (Lipinski definition) is 4. The molecule has 0 aromatic heterocycles. The van der Waals surface area contributed by atoms with Crippen molar-refractivity contribution >= 4 is 17.5 Å². The summed E-state index contributed by atoms with van der Waals surface area (Å²) in [6.07, 6.45) is 1.08. The van der Waals surface area contributed by atoms with E-state index >= 15 is 0 Å². The van der Waals surface area contributed by atoms with Crippen molar-refractivity contribution in [3.8, 4) is 11.5 Å². The lowest BCUT2D eigenvalue weighted by Gasteiger charge is -2.39. The molecule has 0 unspecified atom stereocenters. The van der Waals surface area contributed by atoms with Crippen molar-refractivity contribution < 1.29 is 19.1 Å². The van der Waals surface area contributed by atoms with Crippen LogP contribution < -0.4 is 14.4 Å². The van der Waals surface area contributed by atoms with Crippen LogP contribution in [0, 0.1) is 0 Å². The lowest BCUT2D eigenvalue weighted by atomic mass is 10.1. The zero-order valence-electron chi connectivity index (χ0n) is 16.6. The van der Waals surface area contributed by atoms with Gasteiger partial charge < -0.3 is 19.3 Å². The van der Waals surface area contributed by atoms with Gasteiger partial charge in [0.2, 0.25) is 11.8 Å². The van der Waals surface area contributed by atoms with Gasteiger partial charge in [0.15, 0.2) is 11.5 Å². The molecule has 6 heteroatoms. The first-order chi connectivity index (χ1) is 13.5. The molecule has 1 fully saturated rings. The van der Waals surface area contributed by atoms with E-state index in [1.54, 1.807) is 43.1 Å². The van der Waals surface area contributed by atoms with Gasteiger partial charge >= 0.3 is 0 Å². The molecule has 28 heavy (non-hydrogen) atoms. The van der Waals surface area contributed by atoms with E-state index in [-0.39, 0.29) is 11.8 Å². The Morgan fingerprint density at radius 3 is 2.43 bits per heavy atom. The van der Waals surface area contributed by atoms with E-state index in [9.17, 15) is 9.59 Å². The monoisotopic (exact) mass is 382 g/mol. The predicted molar refractivity (Wildman–Crippen MR) is 108 cm³/mol. The number of ether oxygens (including phenoxy) is 2. The third-order valence-corrected chi connectivity index (χ3v) is 5.12. The van der Waals surface area contributed by atoms with Gasteiger partial charge in [-0.05, 0) is 31.0 Å². The average Bonchev–Trinajstić information content (AvgIpc) is 2.74. The Morgan fingerprint density at radius 2 is 1.75 bits per heavy atom. The quantitative estimate of drug-likeness (QED) is 0.771. The van der Waals surface area contributed by atoms with Crippen LogP contribution in [0.5, 0.6) is 11.5 Å². The summed E-state index contributed by atoms with van der Waals surface area (Å²) in [5.41, 5.74) is 1.87. The molecule has 1 saturated heterocycles. The molecule has 1 aliphatic heterocycles. The molecule has 1 atom stereocenters. The van der Waals surface area contributed by atoms with Crippen molar-refractivity contribution in [3.05, 3.63) is 54.1 Å². The Labute approximate surface area is 165 Å². The zero-order chi connectivity index (χ0) is 20.1. The molecule has 3 rings (SSSR count). The number of carbonyl (C=O) groups is 2. The Balaban J connectivity index is 1.67. The third kappa shape index (κ3) is 4.11. The smallest absolute Gasteiger partial charge is 0.249 e. The van der Waals surface area contributed by atoms with E-state index in [0.29, 0.717) is 37.4 Å². The maximum absolute atomic E-state index is 12.9. The molecule has 0 aliphatic carbocycles. The van der Waals surface area contributed by atoms with Gasteiger partial charge in [0.1, 0.15) is 6.04 Å². The van der Waals surface area contributed by atoms with Crippen LogP contribution in [0.2, 0.25) is 0 Å². The number of carbonyl (C=O) groups excluding carboxylic acids is 2. The van der Waals surface area contributed by atoms with Crippen LogP contribution in [0.3, 0.4) is 0 Å². The van der Waals surface area contributed by atoms with E-state index in [1.807, 2.05) is 36.4 Å². The highest BCUT2D eigenvalue weighted by Gasteiger charge is 2.34. The molecule has 2 aromatic rings. The second kappa shape index (κ2) is 8.78. The molecule has 2 aromatic carbocycles. The van der Waals surface area contributed by atoms with Gasteiger partial charge in [-0.1, -0.05) is 30.3 Å². The Kier molecular flexibility index (Phi) is 6.19. The van der Waals surface area contributed by atoms with Crippen LogP contribution in [-0.4, -0.2) is 50.1 Å². The summed E-state index contributed by atoms with van der Waals surface area (Å²) < 4.78 is 10.6. The normalized spacial score (nSPS) is 16.8. The third-order valence-electron chi connectivity index (χ3n) is 5.12. The number of methoxy groups -OCH3 is 2. The van der Waals surface area contributed by atoms with Crippen molar-refractivity contribution in [1.82, 2.24) is 4.90 Å². The standard InChI is InChI=1S/C22H26N2O4/c1-16-22(26)24(18-10-11-19(27-2)20(15-18)28-3)14-13-23(16)21(25)12-9-17-7-5-4-6-8-17/h4-8,10-11,15-16H,9,12-14H2,1-3H3/t16-/m1/s1. The van der Waals surface area contributed by atoms with E-state index in [2.05, 4.69) is 0 Å². The van der Waals surface area contributed by atoms with Gasteiger partial charge in [0.25, 0.3) is 0 Å². The lowest BCUT2D eigenvalue weighted by molar-refractivity contribution is -0.140. The van der Waals surface area contributed by atoms with Gasteiger partial charge in [-0.2, -0.15) is 0 Å². The van der Waals surface area contributed by atoms with E-state index in [4.69, 9.17) is 9.47 Å². The average molecular weight is 382 g/mol. The summed E-state index contributed by atoms with van der Waals surface area (Å²) in [6.45, 7) is 2.75. The number of hydrogen-bond donors (Lipinski definition) is 0. The largest absolute Gasteiger partial charge is 0.493 e. The summed E-state index contributed by atoms with van der Waals surface area (Å²) in [5.74, 6) is 1.10. The van der Waals surface area contributed by atoms with Crippen molar-refractivity contribution in [2.24, 2.45) is 0 Å². The minimum absolute atomic E-state index is 0.0108. The number of amides is 2. The molecule has 0 N–H and O–H groups in total. The number of anilines is 1. The second-order valence-electron chi connectivity index (χ2n) is 6.78. The van der Waals surface area contributed by atoms with Gasteiger partial charge in [-0.3, -0.25) is 9.59 Å². The number of nitrogens with zero attached hydrogens (tertiary/aromatic N) is 2. The first kappa shape index (κ1) is 19.7. The highest BCUT2D eigenvalue weighted by molar-refractivity contribution is 6.00. The molecule has 148 valence electrons. The fraction of sp³-hybridized carbons (Fsp3) is 0.364. The number of piperazine rings is 1. The van der Waals surface area contributed by atoms with Gasteiger partial charge in [0.05, 0.1) is 14.2 Å². The lowest BCUT2D eigenvalue weighted by Crippen LogP contribution is -2.57. The van der Waals surface area contributed by atoms with Crippen LogP contribution in [0.25, 0.3) is 0 Å². The Hall–Kier alpha value is -3.02. The van der Waals surface area contributed by atoms with E-state index in [0.717, 1.165) is 11.3 Å². The first-order valence-electron chi connectivity index (χ1n) is 9.42. The summed E-state index contributed by atoms with van der Waals surface area (Å²) >= 11 is 0. The Bertz CT molecular complexity index is 838. The number of rotatable bonds is 6. The van der Waals surface area contributed by atoms with Crippen LogP contribution >= 0.6 is 0 Å². The summed E-state index contributed by atoms with van der Waals surface area (Å²) in [4.78, 5) is 29.0. The molecule has 6 nitrogen and oxygen atoms in total. The highest BCUT2D eigenvalue weighted by Crippen LogP contribution is 2.32. The fourth-order valence-electron chi connectivity index (χ4n) is 3.50. The molecule has 1 aliphatic rings. The van der Waals surface area contributed by atoms with Crippen LogP contribution in [0.15, 0.2) is 48.5 Å². The molecule has 1 heterocycles. The van der Waals surface area contributed by atoms with Gasteiger partial charge in [0, 0.05) is 31.3 Å². The molecule has 0 saturated carbocycles. The fourth-order valence-corrected chi connectivity index (χ4v) is 3.50. The minimum atomic E-state index is -0.495. The summed E-state index contributed by atoms with van der Waals surface area (Å²) in [7, 11) is 3.14. The molecular weight excluding hydrogens is 356 g/mol. The first-order valence-corrected chi connectivity index (χ1v) is 9.42. The molecule has 0 spiro atoms.